The molecule has 1 unspecified atom stereocenters. The number of fused-ring (bicyclic) bond motifs is 5. The molecule has 0 aromatic heterocycles. The number of carbonyl (C=O) groups excluding carboxylic acids is 2. The first-order valence-corrected chi connectivity index (χ1v) is 12.3. The second-order valence-electron chi connectivity index (χ2n) is 11.6. The molecule has 196 valence electrons. The van der Waals surface area contributed by atoms with Gasteiger partial charge in [0.2, 0.25) is 0 Å². The smallest absolute Gasteiger partial charge is 0.338 e. The highest BCUT2D eigenvalue weighted by molar-refractivity contribution is 5.94. The maximum absolute atomic E-state index is 14.0. The van der Waals surface area contributed by atoms with Crippen LogP contribution in [0.3, 0.4) is 0 Å². The Labute approximate surface area is 209 Å². The zero-order valence-electron chi connectivity index (χ0n) is 20.8. The van der Waals surface area contributed by atoms with Crippen LogP contribution in [0.4, 0.5) is 0 Å². The molecule has 1 aromatic rings. The van der Waals surface area contributed by atoms with Crippen LogP contribution in [-0.2, 0) is 14.3 Å². The third-order valence-corrected chi connectivity index (χ3v) is 9.64. The van der Waals surface area contributed by atoms with Crippen LogP contribution in [0.1, 0.15) is 50.9 Å². The van der Waals surface area contributed by atoms with Gasteiger partial charge in [0.25, 0.3) is 0 Å². The van der Waals surface area contributed by atoms with E-state index < -0.39 is 70.2 Å². The van der Waals surface area contributed by atoms with Crippen molar-refractivity contribution >= 4 is 11.8 Å². The quantitative estimate of drug-likeness (QED) is 0.287. The van der Waals surface area contributed by atoms with Gasteiger partial charge in [-0.05, 0) is 37.1 Å². The second-order valence-corrected chi connectivity index (χ2v) is 11.6. The minimum atomic E-state index is -2.02. The standard InChI is InChI=1S/C27H34O9/c1-13-15(28)11-27(34)22(36-23(32)14-8-6-5-7-9-14)20-25(4,16(29)10-17-26(20,33)12-35-17)21(31)19(30)18(13)24(27,2)3/h5-9,15-17,19-20,22,28-30,33-34H,10-12H2,1-4H3/t15-,16-,17+,19+,20?,22-,25+,26-,27+/m0/s1. The van der Waals surface area contributed by atoms with Gasteiger partial charge in [0.05, 0.1) is 35.9 Å². The largest absolute Gasteiger partial charge is 0.455 e. The van der Waals surface area contributed by atoms with Crippen molar-refractivity contribution < 1.29 is 44.6 Å². The highest BCUT2D eigenvalue weighted by atomic mass is 16.6. The molecule has 3 aliphatic carbocycles. The Morgan fingerprint density at radius 2 is 1.72 bits per heavy atom. The van der Waals surface area contributed by atoms with E-state index in [1.807, 2.05) is 0 Å². The molecule has 2 saturated carbocycles. The van der Waals surface area contributed by atoms with Crippen LogP contribution in [0.15, 0.2) is 41.5 Å². The van der Waals surface area contributed by atoms with Crippen molar-refractivity contribution in [3.8, 4) is 0 Å². The molecule has 4 aliphatic rings. The summed E-state index contributed by atoms with van der Waals surface area (Å²) in [4.78, 5) is 27.4. The molecule has 0 radical (unpaired) electrons. The van der Waals surface area contributed by atoms with E-state index >= 15 is 0 Å². The van der Waals surface area contributed by atoms with Gasteiger partial charge in [0, 0.05) is 24.2 Å². The maximum Gasteiger partial charge on any atom is 0.338 e. The number of aliphatic hydroxyl groups is 5. The Balaban J connectivity index is 1.78. The summed E-state index contributed by atoms with van der Waals surface area (Å²) in [7, 11) is 0. The third-order valence-electron chi connectivity index (χ3n) is 9.64. The summed E-state index contributed by atoms with van der Waals surface area (Å²) < 4.78 is 11.6. The molecular formula is C27H34O9. The average Bonchev–Trinajstić information content (AvgIpc) is 2.83. The molecule has 0 spiro atoms. The van der Waals surface area contributed by atoms with Gasteiger partial charge in [-0.2, -0.15) is 0 Å². The van der Waals surface area contributed by atoms with Crippen molar-refractivity contribution in [2.75, 3.05) is 6.61 Å². The van der Waals surface area contributed by atoms with E-state index in [1.165, 1.54) is 6.92 Å². The number of ether oxygens (including phenoxy) is 2. The van der Waals surface area contributed by atoms with Crippen LogP contribution in [0, 0.1) is 16.7 Å². The summed E-state index contributed by atoms with van der Waals surface area (Å²) in [5.74, 6) is -2.89. The average molecular weight is 503 g/mol. The fraction of sp³-hybridized carbons (Fsp3) is 0.630. The van der Waals surface area contributed by atoms with E-state index in [1.54, 1.807) is 51.1 Å². The van der Waals surface area contributed by atoms with E-state index in [0.717, 1.165) is 0 Å². The number of ketones is 1. The van der Waals surface area contributed by atoms with Crippen molar-refractivity contribution in [1.82, 2.24) is 0 Å². The minimum absolute atomic E-state index is 0.0657. The lowest BCUT2D eigenvalue weighted by Gasteiger charge is -2.66. The molecule has 9 nitrogen and oxygen atoms in total. The van der Waals surface area contributed by atoms with Crippen LogP contribution in [0.2, 0.25) is 0 Å². The van der Waals surface area contributed by atoms with Crippen molar-refractivity contribution in [3.63, 3.8) is 0 Å². The molecule has 0 amide bonds. The molecule has 2 bridgehead atoms. The van der Waals surface area contributed by atoms with Gasteiger partial charge >= 0.3 is 5.97 Å². The first-order valence-electron chi connectivity index (χ1n) is 12.3. The number of hydrogen-bond donors (Lipinski definition) is 5. The van der Waals surface area contributed by atoms with Crippen LogP contribution in [0.25, 0.3) is 0 Å². The molecule has 5 N–H and O–H groups in total. The molecular weight excluding hydrogens is 468 g/mol. The number of hydrogen-bond acceptors (Lipinski definition) is 9. The molecule has 3 fully saturated rings. The van der Waals surface area contributed by atoms with Crippen molar-refractivity contribution in [1.29, 1.82) is 0 Å². The number of benzene rings is 1. The highest BCUT2D eigenvalue weighted by Crippen LogP contribution is 2.62. The third kappa shape index (κ3) is 3.04. The molecule has 1 aromatic carbocycles. The van der Waals surface area contributed by atoms with E-state index in [-0.39, 0.29) is 30.6 Å². The predicted octanol–water partition coefficient (Wildman–Crippen LogP) is 0.511. The topological polar surface area (TPSA) is 154 Å². The van der Waals surface area contributed by atoms with E-state index in [2.05, 4.69) is 0 Å². The van der Waals surface area contributed by atoms with Crippen LogP contribution >= 0.6 is 0 Å². The zero-order valence-corrected chi connectivity index (χ0v) is 20.8. The first-order chi connectivity index (χ1) is 16.7. The van der Waals surface area contributed by atoms with Gasteiger partial charge in [-0.3, -0.25) is 4.79 Å². The van der Waals surface area contributed by atoms with Crippen molar-refractivity contribution in [2.24, 2.45) is 16.7 Å². The van der Waals surface area contributed by atoms with E-state index in [0.29, 0.717) is 5.57 Å². The molecule has 1 saturated heterocycles. The predicted molar refractivity (Wildman–Crippen MR) is 126 cm³/mol. The van der Waals surface area contributed by atoms with Gasteiger partial charge in [-0.25, -0.2) is 4.79 Å². The van der Waals surface area contributed by atoms with Gasteiger partial charge in [0.15, 0.2) is 5.78 Å². The minimum Gasteiger partial charge on any atom is -0.455 e. The van der Waals surface area contributed by atoms with Gasteiger partial charge < -0.3 is 35.0 Å². The molecule has 1 aliphatic heterocycles. The molecule has 9 atom stereocenters. The lowest BCUT2D eigenvalue weighted by atomic mass is 9.45. The van der Waals surface area contributed by atoms with Crippen LogP contribution in [-0.4, -0.2) is 85.6 Å². The summed E-state index contributed by atoms with van der Waals surface area (Å²) in [6.45, 7) is 6.07. The number of aliphatic hydroxyl groups excluding tert-OH is 3. The van der Waals surface area contributed by atoms with Crippen LogP contribution in [0.5, 0.6) is 0 Å². The summed E-state index contributed by atoms with van der Waals surface area (Å²) in [6, 6.07) is 8.12. The second kappa shape index (κ2) is 7.93. The van der Waals surface area contributed by atoms with Gasteiger partial charge in [-0.1, -0.05) is 32.0 Å². The van der Waals surface area contributed by atoms with Crippen molar-refractivity contribution in [3.05, 3.63) is 47.0 Å². The number of Topliss-reactive ketones (excluding diaryl/α,β-unsaturated/α-hetero) is 1. The maximum atomic E-state index is 14.0. The SMILES string of the molecule is CC1=C2[C@@H](O)C(=O)[C@@]3(C)C([C@H](OC(=O)c4ccccc4)[C@](O)(C[C@@H]1O)C2(C)C)[C@]1(O)CO[C@@H]1C[C@@H]3O. The normalized spacial score (nSPS) is 45.5. The number of rotatable bonds is 2. The fourth-order valence-corrected chi connectivity index (χ4v) is 7.26. The Hall–Kier alpha value is -2.14. The Bertz CT molecular complexity index is 1130. The molecule has 5 rings (SSSR count). The van der Waals surface area contributed by atoms with Gasteiger partial charge in [0.1, 0.15) is 23.4 Å². The van der Waals surface area contributed by atoms with Crippen LogP contribution < -0.4 is 0 Å². The number of esters is 1. The molecule has 1 heterocycles. The van der Waals surface area contributed by atoms with Crippen molar-refractivity contribution in [2.45, 2.75) is 82.3 Å². The molecule has 9 heteroatoms. The summed E-state index contributed by atoms with van der Waals surface area (Å²) in [6.07, 6.45) is -7.08. The number of carbonyl (C=O) groups is 2. The summed E-state index contributed by atoms with van der Waals surface area (Å²) in [5.41, 5.74) is -6.24. The zero-order chi connectivity index (χ0) is 26.4. The lowest BCUT2D eigenvalue weighted by molar-refractivity contribution is -0.343. The summed E-state index contributed by atoms with van der Waals surface area (Å²) >= 11 is 0. The van der Waals surface area contributed by atoms with Gasteiger partial charge in [-0.15, -0.1) is 0 Å². The van der Waals surface area contributed by atoms with E-state index in [4.69, 9.17) is 9.47 Å². The Morgan fingerprint density at radius 1 is 1.08 bits per heavy atom. The Kier molecular flexibility index (Phi) is 5.62. The summed E-state index contributed by atoms with van der Waals surface area (Å²) in [5, 5.41) is 57.9. The first kappa shape index (κ1) is 25.5. The fourth-order valence-electron chi connectivity index (χ4n) is 7.26. The highest BCUT2D eigenvalue weighted by Gasteiger charge is 2.76. The van der Waals surface area contributed by atoms with E-state index in [9.17, 15) is 35.1 Å². The molecule has 36 heavy (non-hydrogen) atoms. The lowest BCUT2D eigenvalue weighted by Crippen LogP contribution is -2.81. The monoisotopic (exact) mass is 502 g/mol. The Morgan fingerprint density at radius 3 is 2.31 bits per heavy atom.